The molecule has 16 heavy (non-hydrogen) atoms. The van der Waals surface area contributed by atoms with Gasteiger partial charge in [-0.2, -0.15) is 11.8 Å². The third-order valence-corrected chi connectivity index (χ3v) is 4.73. The molecular formula is C12H15BrFNS. The van der Waals surface area contributed by atoms with Crippen molar-refractivity contribution in [2.24, 2.45) is 5.92 Å². The minimum Gasteiger partial charge on any atom is -0.309 e. The van der Waals surface area contributed by atoms with E-state index in [-0.39, 0.29) is 5.82 Å². The Bertz CT molecular complexity index is 372. The van der Waals surface area contributed by atoms with Crippen molar-refractivity contribution in [2.75, 3.05) is 18.1 Å². The lowest BCUT2D eigenvalue weighted by atomic mass is 10.1. The molecule has 0 saturated carbocycles. The van der Waals surface area contributed by atoms with E-state index in [1.165, 1.54) is 11.8 Å². The smallest absolute Gasteiger partial charge is 0.137 e. The molecule has 2 unspecified atom stereocenters. The van der Waals surface area contributed by atoms with E-state index >= 15 is 0 Å². The fraction of sp³-hybridized carbons (Fsp3) is 0.500. The predicted octanol–water partition coefficient (Wildman–Crippen LogP) is 3.60. The summed E-state index contributed by atoms with van der Waals surface area (Å²) in [6, 6.07) is 5.62. The molecule has 1 fully saturated rings. The van der Waals surface area contributed by atoms with Crippen molar-refractivity contribution in [3.8, 4) is 0 Å². The molecule has 2 atom stereocenters. The number of nitrogens with one attached hydrogen (secondary N) is 1. The number of rotatable bonds is 1. The minimum absolute atomic E-state index is 0.196. The van der Waals surface area contributed by atoms with Crippen molar-refractivity contribution in [2.45, 2.75) is 13.0 Å². The van der Waals surface area contributed by atoms with Crippen LogP contribution in [-0.4, -0.2) is 18.1 Å². The van der Waals surface area contributed by atoms with Gasteiger partial charge in [0.25, 0.3) is 0 Å². The summed E-state index contributed by atoms with van der Waals surface area (Å²) in [5.41, 5.74) is 1.16. The van der Waals surface area contributed by atoms with E-state index in [9.17, 15) is 4.39 Å². The molecule has 0 bridgehead atoms. The number of thioether (sulfide) groups is 1. The van der Waals surface area contributed by atoms with Crippen LogP contribution in [0, 0.1) is 11.7 Å². The van der Waals surface area contributed by atoms with Crippen LogP contribution < -0.4 is 5.32 Å². The van der Waals surface area contributed by atoms with Gasteiger partial charge in [0.1, 0.15) is 5.82 Å². The van der Waals surface area contributed by atoms with Crippen molar-refractivity contribution in [1.29, 1.82) is 0 Å². The number of hydrogen-bond donors (Lipinski definition) is 1. The standard InChI is InChI=1S/C12H15BrFNS/c1-8-5-15-12(7-16-6-8)9-2-3-11(14)10(13)4-9/h2-4,8,12,15H,5-7H2,1H3. The molecule has 88 valence electrons. The van der Waals surface area contributed by atoms with E-state index in [0.717, 1.165) is 17.9 Å². The maximum atomic E-state index is 13.1. The van der Waals surface area contributed by atoms with Crippen molar-refractivity contribution < 1.29 is 4.39 Å². The first kappa shape index (κ1) is 12.4. The Labute approximate surface area is 108 Å². The Hall–Kier alpha value is -0.0600. The second-order valence-electron chi connectivity index (χ2n) is 4.28. The van der Waals surface area contributed by atoms with Gasteiger partial charge in [0, 0.05) is 11.8 Å². The van der Waals surface area contributed by atoms with E-state index in [1.807, 2.05) is 23.9 Å². The first-order valence-electron chi connectivity index (χ1n) is 5.43. The van der Waals surface area contributed by atoms with Crippen LogP contribution in [0.25, 0.3) is 0 Å². The van der Waals surface area contributed by atoms with E-state index in [2.05, 4.69) is 28.2 Å². The molecule has 1 aromatic carbocycles. The van der Waals surface area contributed by atoms with Crippen molar-refractivity contribution in [3.05, 3.63) is 34.1 Å². The Morgan fingerprint density at radius 2 is 2.25 bits per heavy atom. The van der Waals surface area contributed by atoms with Crippen LogP contribution in [0.15, 0.2) is 22.7 Å². The molecule has 1 N–H and O–H groups in total. The van der Waals surface area contributed by atoms with Crippen LogP contribution >= 0.6 is 27.7 Å². The van der Waals surface area contributed by atoms with Gasteiger partial charge >= 0.3 is 0 Å². The molecule has 0 spiro atoms. The summed E-state index contributed by atoms with van der Waals surface area (Å²) < 4.78 is 13.7. The Morgan fingerprint density at radius 3 is 3.00 bits per heavy atom. The van der Waals surface area contributed by atoms with Gasteiger partial charge in [0.2, 0.25) is 0 Å². The van der Waals surface area contributed by atoms with Crippen LogP contribution in [0.3, 0.4) is 0 Å². The zero-order valence-electron chi connectivity index (χ0n) is 9.17. The monoisotopic (exact) mass is 303 g/mol. The molecule has 2 rings (SSSR count). The average Bonchev–Trinajstić information content (AvgIpc) is 2.47. The zero-order valence-corrected chi connectivity index (χ0v) is 11.6. The highest BCUT2D eigenvalue weighted by Crippen LogP contribution is 2.26. The molecule has 0 aromatic heterocycles. The molecule has 0 amide bonds. The summed E-state index contributed by atoms with van der Waals surface area (Å²) in [6.45, 7) is 3.29. The third-order valence-electron chi connectivity index (χ3n) is 2.75. The lowest BCUT2D eigenvalue weighted by molar-refractivity contribution is 0.516. The van der Waals surface area contributed by atoms with Crippen molar-refractivity contribution in [1.82, 2.24) is 5.32 Å². The largest absolute Gasteiger partial charge is 0.309 e. The quantitative estimate of drug-likeness (QED) is 0.851. The van der Waals surface area contributed by atoms with Gasteiger partial charge in [0.15, 0.2) is 0 Å². The predicted molar refractivity (Wildman–Crippen MR) is 71.3 cm³/mol. The molecule has 1 aliphatic rings. The lowest BCUT2D eigenvalue weighted by Crippen LogP contribution is -2.25. The van der Waals surface area contributed by atoms with Crippen LogP contribution in [0.1, 0.15) is 18.5 Å². The highest BCUT2D eigenvalue weighted by Gasteiger charge is 2.17. The normalized spacial score (nSPS) is 26.4. The molecule has 1 heterocycles. The lowest BCUT2D eigenvalue weighted by Gasteiger charge is -2.16. The van der Waals surface area contributed by atoms with E-state index in [0.29, 0.717) is 16.4 Å². The van der Waals surface area contributed by atoms with Gasteiger partial charge in [-0.15, -0.1) is 0 Å². The average molecular weight is 304 g/mol. The summed E-state index contributed by atoms with van der Waals surface area (Å²) in [4.78, 5) is 0. The third kappa shape index (κ3) is 2.99. The molecule has 1 aromatic rings. The van der Waals surface area contributed by atoms with Crippen molar-refractivity contribution in [3.63, 3.8) is 0 Å². The van der Waals surface area contributed by atoms with E-state index in [4.69, 9.17) is 0 Å². The summed E-state index contributed by atoms with van der Waals surface area (Å²) in [5.74, 6) is 2.77. The molecule has 1 nitrogen and oxygen atoms in total. The Morgan fingerprint density at radius 1 is 1.44 bits per heavy atom. The van der Waals surface area contributed by atoms with Crippen molar-refractivity contribution >= 4 is 27.7 Å². The summed E-state index contributed by atoms with van der Waals surface area (Å²) in [7, 11) is 0. The van der Waals surface area contributed by atoms with Gasteiger partial charge in [-0.1, -0.05) is 13.0 Å². The SMILES string of the molecule is CC1CNC(c2ccc(F)c(Br)c2)CSC1. The van der Waals surface area contributed by atoms with Gasteiger partial charge < -0.3 is 5.32 Å². The summed E-state index contributed by atoms with van der Waals surface area (Å²) in [5, 5.41) is 3.53. The van der Waals surface area contributed by atoms with Crippen LogP contribution in [0.4, 0.5) is 4.39 Å². The fourth-order valence-electron chi connectivity index (χ4n) is 1.79. The first-order valence-corrected chi connectivity index (χ1v) is 7.37. The second kappa shape index (κ2) is 5.52. The molecular weight excluding hydrogens is 289 g/mol. The maximum absolute atomic E-state index is 13.1. The molecule has 1 saturated heterocycles. The molecule has 4 heteroatoms. The van der Waals surface area contributed by atoms with Gasteiger partial charge in [-0.3, -0.25) is 0 Å². The van der Waals surface area contributed by atoms with E-state index in [1.54, 1.807) is 0 Å². The van der Waals surface area contributed by atoms with Crippen LogP contribution in [0.5, 0.6) is 0 Å². The first-order chi connectivity index (χ1) is 7.66. The summed E-state index contributed by atoms with van der Waals surface area (Å²) in [6.07, 6.45) is 0. The van der Waals surface area contributed by atoms with E-state index < -0.39 is 0 Å². The minimum atomic E-state index is -0.196. The number of benzene rings is 1. The molecule has 1 aliphatic heterocycles. The fourth-order valence-corrected chi connectivity index (χ4v) is 3.39. The number of halogens is 2. The van der Waals surface area contributed by atoms with Crippen LogP contribution in [-0.2, 0) is 0 Å². The van der Waals surface area contributed by atoms with Gasteiger partial charge in [-0.05, 0) is 51.8 Å². The molecule has 0 aliphatic carbocycles. The Kier molecular flexibility index (Phi) is 4.27. The van der Waals surface area contributed by atoms with Gasteiger partial charge in [-0.25, -0.2) is 4.39 Å². The highest BCUT2D eigenvalue weighted by atomic mass is 79.9. The highest BCUT2D eigenvalue weighted by molar-refractivity contribution is 9.10. The maximum Gasteiger partial charge on any atom is 0.137 e. The topological polar surface area (TPSA) is 12.0 Å². The Balaban J connectivity index is 2.13. The zero-order chi connectivity index (χ0) is 11.5. The summed E-state index contributed by atoms with van der Waals surface area (Å²) >= 11 is 5.20. The second-order valence-corrected chi connectivity index (χ2v) is 6.21. The van der Waals surface area contributed by atoms with Gasteiger partial charge in [0.05, 0.1) is 4.47 Å². The van der Waals surface area contributed by atoms with Crippen LogP contribution in [0.2, 0.25) is 0 Å². The number of hydrogen-bond acceptors (Lipinski definition) is 2. The molecule has 0 radical (unpaired) electrons.